The van der Waals surface area contributed by atoms with Crippen LogP contribution in [0.15, 0.2) is 11.4 Å². The van der Waals surface area contributed by atoms with E-state index in [4.69, 9.17) is 10.8 Å². The Labute approximate surface area is 90.9 Å². The highest BCUT2D eigenvalue weighted by atomic mass is 32.1. The monoisotopic (exact) mass is 228 g/mol. The molecule has 0 saturated heterocycles. The number of nitrogens with one attached hydrogen (secondary N) is 1. The standard InChI is InChI=1S/C9H12N2O3S/c1-5(11-9(13)14)7-2-6(4-15-7)3-8(10)12/h2,4-5,11H,3H2,1H3,(H2,10,12)(H,13,14)/t5-/m1/s1. The molecule has 5 nitrogen and oxygen atoms in total. The lowest BCUT2D eigenvalue weighted by atomic mass is 10.2. The highest BCUT2D eigenvalue weighted by Gasteiger charge is 2.11. The van der Waals surface area contributed by atoms with E-state index in [0.717, 1.165) is 10.4 Å². The second kappa shape index (κ2) is 4.79. The fourth-order valence-electron chi connectivity index (χ4n) is 1.17. The summed E-state index contributed by atoms with van der Waals surface area (Å²) in [5, 5.41) is 12.7. The number of hydrogen-bond acceptors (Lipinski definition) is 3. The SMILES string of the molecule is C[C@@H](NC(=O)O)c1cc(CC(N)=O)cs1. The minimum absolute atomic E-state index is 0.191. The quantitative estimate of drug-likeness (QED) is 0.720. The molecule has 1 heterocycles. The van der Waals surface area contributed by atoms with Crippen molar-refractivity contribution in [1.82, 2.24) is 5.32 Å². The van der Waals surface area contributed by atoms with Crippen LogP contribution >= 0.6 is 11.3 Å². The molecule has 0 aliphatic rings. The van der Waals surface area contributed by atoms with Gasteiger partial charge in [-0.1, -0.05) is 0 Å². The number of primary amides is 1. The molecule has 15 heavy (non-hydrogen) atoms. The Morgan fingerprint density at radius 3 is 2.87 bits per heavy atom. The Kier molecular flexibility index (Phi) is 3.68. The van der Waals surface area contributed by atoms with Crippen molar-refractivity contribution in [3.05, 3.63) is 21.9 Å². The molecule has 0 saturated carbocycles. The van der Waals surface area contributed by atoms with Crippen LogP contribution in [0.1, 0.15) is 23.4 Å². The van der Waals surface area contributed by atoms with Gasteiger partial charge in [0.2, 0.25) is 5.91 Å². The van der Waals surface area contributed by atoms with E-state index in [1.54, 1.807) is 18.4 Å². The molecule has 1 rings (SSSR count). The Bertz CT molecular complexity index is 375. The van der Waals surface area contributed by atoms with Crippen molar-refractivity contribution in [2.75, 3.05) is 0 Å². The summed E-state index contributed by atoms with van der Waals surface area (Å²) in [5.74, 6) is -0.391. The van der Waals surface area contributed by atoms with E-state index in [0.29, 0.717) is 0 Å². The Hall–Kier alpha value is -1.56. The van der Waals surface area contributed by atoms with Gasteiger partial charge in [0.25, 0.3) is 0 Å². The molecule has 1 aromatic heterocycles. The van der Waals surface area contributed by atoms with Gasteiger partial charge in [-0.3, -0.25) is 4.79 Å². The molecule has 0 radical (unpaired) electrons. The van der Waals surface area contributed by atoms with E-state index in [1.165, 1.54) is 11.3 Å². The average molecular weight is 228 g/mol. The lowest BCUT2D eigenvalue weighted by Crippen LogP contribution is -2.23. The Balaban J connectivity index is 2.66. The van der Waals surface area contributed by atoms with E-state index in [1.807, 2.05) is 0 Å². The highest BCUT2D eigenvalue weighted by molar-refractivity contribution is 7.10. The summed E-state index contributed by atoms with van der Waals surface area (Å²) in [6, 6.07) is 1.52. The molecule has 2 amide bonds. The highest BCUT2D eigenvalue weighted by Crippen LogP contribution is 2.22. The zero-order valence-electron chi connectivity index (χ0n) is 8.19. The molecule has 82 valence electrons. The number of carbonyl (C=O) groups excluding carboxylic acids is 1. The minimum Gasteiger partial charge on any atom is -0.465 e. The number of amides is 2. The molecule has 1 aromatic rings. The third-order valence-corrected chi connectivity index (χ3v) is 2.98. The number of thiophene rings is 1. The maximum absolute atomic E-state index is 10.6. The number of rotatable bonds is 4. The largest absolute Gasteiger partial charge is 0.465 e. The van der Waals surface area contributed by atoms with Gasteiger partial charge >= 0.3 is 6.09 Å². The fraction of sp³-hybridized carbons (Fsp3) is 0.333. The van der Waals surface area contributed by atoms with E-state index in [9.17, 15) is 9.59 Å². The Morgan fingerprint density at radius 2 is 2.33 bits per heavy atom. The molecule has 0 aliphatic heterocycles. The number of carbonyl (C=O) groups is 2. The van der Waals surface area contributed by atoms with Crippen LogP contribution in [-0.4, -0.2) is 17.1 Å². The molecule has 0 fully saturated rings. The molecule has 1 atom stereocenters. The van der Waals surface area contributed by atoms with Crippen LogP contribution in [0.4, 0.5) is 4.79 Å². The molecular formula is C9H12N2O3S. The summed E-state index contributed by atoms with van der Waals surface area (Å²) >= 11 is 1.41. The van der Waals surface area contributed by atoms with Crippen LogP contribution in [0, 0.1) is 0 Å². The second-order valence-electron chi connectivity index (χ2n) is 3.17. The first-order valence-corrected chi connectivity index (χ1v) is 5.22. The zero-order valence-corrected chi connectivity index (χ0v) is 9.00. The van der Waals surface area contributed by atoms with Gasteiger partial charge in [-0.2, -0.15) is 0 Å². The van der Waals surface area contributed by atoms with Crippen molar-refractivity contribution in [3.63, 3.8) is 0 Å². The van der Waals surface area contributed by atoms with Crippen molar-refractivity contribution in [2.45, 2.75) is 19.4 Å². The first-order chi connectivity index (χ1) is 6.99. The number of hydrogen-bond donors (Lipinski definition) is 3. The lowest BCUT2D eigenvalue weighted by Gasteiger charge is -2.07. The topological polar surface area (TPSA) is 92.4 Å². The predicted octanol–water partition coefficient (Wildman–Crippen LogP) is 1.10. The first-order valence-electron chi connectivity index (χ1n) is 4.34. The van der Waals surface area contributed by atoms with Gasteiger partial charge in [0.15, 0.2) is 0 Å². The van der Waals surface area contributed by atoms with E-state index in [-0.39, 0.29) is 12.5 Å². The maximum atomic E-state index is 10.6. The number of nitrogens with two attached hydrogens (primary N) is 1. The summed E-state index contributed by atoms with van der Waals surface area (Å²) in [7, 11) is 0. The summed E-state index contributed by atoms with van der Waals surface area (Å²) < 4.78 is 0. The predicted molar refractivity (Wildman–Crippen MR) is 56.8 cm³/mol. The van der Waals surface area contributed by atoms with Gasteiger partial charge < -0.3 is 16.2 Å². The van der Waals surface area contributed by atoms with Crippen molar-refractivity contribution < 1.29 is 14.7 Å². The second-order valence-corrected chi connectivity index (χ2v) is 4.11. The Morgan fingerprint density at radius 1 is 1.67 bits per heavy atom. The average Bonchev–Trinajstić information content (AvgIpc) is 2.50. The molecule has 0 aliphatic carbocycles. The molecule has 0 spiro atoms. The fourth-order valence-corrected chi connectivity index (χ4v) is 2.09. The van der Waals surface area contributed by atoms with E-state index in [2.05, 4.69) is 5.32 Å². The van der Waals surface area contributed by atoms with Crippen molar-refractivity contribution in [2.24, 2.45) is 5.73 Å². The third-order valence-electron chi connectivity index (χ3n) is 1.82. The minimum atomic E-state index is -1.06. The van der Waals surface area contributed by atoms with Crippen LogP contribution in [-0.2, 0) is 11.2 Å². The van der Waals surface area contributed by atoms with Gasteiger partial charge in [0, 0.05) is 4.88 Å². The van der Waals surface area contributed by atoms with Crippen LogP contribution in [0.3, 0.4) is 0 Å². The van der Waals surface area contributed by atoms with Crippen LogP contribution in [0.2, 0.25) is 0 Å². The first kappa shape index (κ1) is 11.5. The lowest BCUT2D eigenvalue weighted by molar-refractivity contribution is -0.117. The van der Waals surface area contributed by atoms with Crippen molar-refractivity contribution >= 4 is 23.3 Å². The molecule has 0 aromatic carbocycles. The molecular weight excluding hydrogens is 216 g/mol. The summed E-state index contributed by atoms with van der Waals surface area (Å²) in [6.07, 6.45) is -0.872. The molecule has 6 heteroatoms. The van der Waals surface area contributed by atoms with Crippen molar-refractivity contribution in [1.29, 1.82) is 0 Å². The van der Waals surface area contributed by atoms with Gasteiger partial charge in [-0.25, -0.2) is 4.79 Å². The normalized spacial score (nSPS) is 12.1. The summed E-state index contributed by atoms with van der Waals surface area (Å²) in [4.78, 5) is 21.9. The molecule has 4 N–H and O–H groups in total. The molecule has 0 bridgehead atoms. The van der Waals surface area contributed by atoms with E-state index >= 15 is 0 Å². The van der Waals surface area contributed by atoms with Crippen LogP contribution < -0.4 is 11.1 Å². The van der Waals surface area contributed by atoms with Crippen molar-refractivity contribution in [3.8, 4) is 0 Å². The molecule has 0 unspecified atom stereocenters. The smallest absolute Gasteiger partial charge is 0.405 e. The zero-order chi connectivity index (χ0) is 11.4. The van der Waals surface area contributed by atoms with Gasteiger partial charge in [0.1, 0.15) is 0 Å². The maximum Gasteiger partial charge on any atom is 0.405 e. The van der Waals surface area contributed by atoms with Crippen LogP contribution in [0.25, 0.3) is 0 Å². The summed E-state index contributed by atoms with van der Waals surface area (Å²) in [5.41, 5.74) is 5.87. The van der Waals surface area contributed by atoms with Crippen LogP contribution in [0.5, 0.6) is 0 Å². The number of carboxylic acid groups (broad SMARTS) is 1. The summed E-state index contributed by atoms with van der Waals surface area (Å²) in [6.45, 7) is 1.74. The van der Waals surface area contributed by atoms with E-state index < -0.39 is 12.0 Å². The van der Waals surface area contributed by atoms with Gasteiger partial charge in [-0.05, 0) is 23.9 Å². The van der Waals surface area contributed by atoms with Gasteiger partial charge in [-0.15, -0.1) is 11.3 Å². The third kappa shape index (κ3) is 3.59. The van der Waals surface area contributed by atoms with Gasteiger partial charge in [0.05, 0.1) is 12.5 Å².